The number of hydrogen-bond acceptors (Lipinski definition) is 6. The summed E-state index contributed by atoms with van der Waals surface area (Å²) in [5.74, 6) is -0.881. The minimum atomic E-state index is -0.782. The zero-order chi connectivity index (χ0) is 55.0. The molecule has 0 fully saturated rings. The van der Waals surface area contributed by atoms with Crippen LogP contribution in [-0.4, -0.2) is 37.2 Å². The van der Waals surface area contributed by atoms with Gasteiger partial charge in [-0.3, -0.25) is 14.4 Å². The number of carbonyl (C=O) groups is 3. The minimum absolute atomic E-state index is 0.0785. The highest BCUT2D eigenvalue weighted by Gasteiger charge is 2.19. The van der Waals surface area contributed by atoms with E-state index in [2.05, 4.69) is 93.7 Å². The number of esters is 3. The lowest BCUT2D eigenvalue weighted by molar-refractivity contribution is -0.167. The number of allylic oxidation sites excluding steroid dienone is 12. The molecule has 1 unspecified atom stereocenters. The topological polar surface area (TPSA) is 78.9 Å². The Balaban J connectivity index is 4.16. The van der Waals surface area contributed by atoms with Gasteiger partial charge in [0.05, 0.1) is 0 Å². The first-order valence-electron chi connectivity index (χ1n) is 32.9. The van der Waals surface area contributed by atoms with Crippen molar-refractivity contribution in [1.82, 2.24) is 0 Å². The second-order valence-corrected chi connectivity index (χ2v) is 22.0. The zero-order valence-corrected chi connectivity index (χ0v) is 50.5. The fraction of sp³-hybridized carbons (Fsp3) is 0.786. The summed E-state index contributed by atoms with van der Waals surface area (Å²) in [5, 5.41) is 0. The summed E-state index contributed by atoms with van der Waals surface area (Å²) in [4.78, 5) is 38.2. The predicted molar refractivity (Wildman–Crippen MR) is 330 cm³/mol. The summed E-state index contributed by atoms with van der Waals surface area (Å²) in [7, 11) is 0. The third-order valence-electron chi connectivity index (χ3n) is 14.4. The maximum Gasteiger partial charge on any atom is 0.306 e. The minimum Gasteiger partial charge on any atom is -0.462 e. The van der Waals surface area contributed by atoms with Crippen molar-refractivity contribution in [3.8, 4) is 0 Å². The third kappa shape index (κ3) is 61.7. The van der Waals surface area contributed by atoms with Crippen LogP contribution in [0, 0.1) is 0 Å². The van der Waals surface area contributed by atoms with Gasteiger partial charge in [0.25, 0.3) is 0 Å². The molecule has 0 aliphatic rings. The Morgan fingerprint density at radius 2 is 0.513 bits per heavy atom. The zero-order valence-electron chi connectivity index (χ0n) is 50.5. The molecule has 0 rings (SSSR count). The Bertz CT molecular complexity index is 1400. The maximum absolute atomic E-state index is 12.9. The molecule has 0 aromatic rings. The van der Waals surface area contributed by atoms with Gasteiger partial charge in [0.15, 0.2) is 6.10 Å². The van der Waals surface area contributed by atoms with Crippen molar-refractivity contribution in [2.75, 3.05) is 13.2 Å². The molecule has 0 heterocycles. The summed E-state index contributed by atoms with van der Waals surface area (Å²) in [5.41, 5.74) is 0. The number of rotatable bonds is 60. The van der Waals surface area contributed by atoms with Gasteiger partial charge in [0, 0.05) is 19.3 Å². The first-order valence-corrected chi connectivity index (χ1v) is 32.9. The van der Waals surface area contributed by atoms with Gasteiger partial charge in [-0.25, -0.2) is 0 Å². The van der Waals surface area contributed by atoms with Crippen molar-refractivity contribution >= 4 is 17.9 Å². The Hall–Kier alpha value is -3.15. The van der Waals surface area contributed by atoms with Gasteiger partial charge in [-0.1, -0.05) is 299 Å². The van der Waals surface area contributed by atoms with E-state index in [1.165, 1.54) is 186 Å². The Kier molecular flexibility index (Phi) is 61.7. The average molecular weight is 1060 g/mol. The summed E-state index contributed by atoms with van der Waals surface area (Å²) in [6, 6.07) is 0. The average Bonchev–Trinajstić information content (AvgIpc) is 3.42. The van der Waals surface area contributed by atoms with E-state index >= 15 is 0 Å². The van der Waals surface area contributed by atoms with Crippen LogP contribution in [0.4, 0.5) is 0 Å². The van der Waals surface area contributed by atoms with Gasteiger partial charge in [-0.15, -0.1) is 0 Å². The molecule has 0 saturated heterocycles. The largest absolute Gasteiger partial charge is 0.462 e. The molecule has 0 spiro atoms. The van der Waals surface area contributed by atoms with Crippen LogP contribution >= 0.6 is 0 Å². The summed E-state index contributed by atoms with van der Waals surface area (Å²) in [6.45, 7) is 6.53. The number of hydrogen-bond donors (Lipinski definition) is 0. The van der Waals surface area contributed by atoms with Crippen LogP contribution in [0.25, 0.3) is 0 Å². The van der Waals surface area contributed by atoms with Gasteiger partial charge in [0.2, 0.25) is 0 Å². The second kappa shape index (κ2) is 64.4. The van der Waals surface area contributed by atoms with Crippen molar-refractivity contribution in [3.63, 3.8) is 0 Å². The number of ether oxygens (including phenoxy) is 3. The van der Waals surface area contributed by atoms with Crippen molar-refractivity contribution in [2.24, 2.45) is 0 Å². The molecule has 6 nitrogen and oxygen atoms in total. The first-order chi connectivity index (χ1) is 37.5. The fourth-order valence-corrected chi connectivity index (χ4v) is 9.53. The Labute approximate surface area is 472 Å². The lowest BCUT2D eigenvalue weighted by Gasteiger charge is -2.18. The molecule has 0 bridgehead atoms. The molecule has 0 aromatic heterocycles. The van der Waals surface area contributed by atoms with Crippen LogP contribution in [-0.2, 0) is 28.6 Å². The van der Waals surface area contributed by atoms with Crippen LogP contribution in [0.3, 0.4) is 0 Å². The van der Waals surface area contributed by atoms with E-state index in [9.17, 15) is 14.4 Å². The van der Waals surface area contributed by atoms with E-state index in [1.54, 1.807) is 0 Å². The van der Waals surface area contributed by atoms with Gasteiger partial charge in [-0.05, 0) is 89.9 Å². The molecule has 0 aliphatic carbocycles. The van der Waals surface area contributed by atoms with Crippen LogP contribution < -0.4 is 0 Å². The summed E-state index contributed by atoms with van der Waals surface area (Å²) >= 11 is 0. The molecule has 1 atom stereocenters. The monoisotopic (exact) mass is 1060 g/mol. The van der Waals surface area contributed by atoms with E-state index in [-0.39, 0.29) is 31.1 Å². The van der Waals surface area contributed by atoms with E-state index in [0.29, 0.717) is 19.3 Å². The molecule has 440 valence electrons. The molecule has 0 saturated carbocycles. The molecule has 0 aliphatic heterocycles. The highest BCUT2D eigenvalue weighted by atomic mass is 16.6. The van der Waals surface area contributed by atoms with Crippen LogP contribution in [0.1, 0.15) is 335 Å². The van der Waals surface area contributed by atoms with Crippen molar-refractivity contribution in [2.45, 2.75) is 341 Å². The normalized spacial score (nSPS) is 12.5. The molecule has 6 heteroatoms. The number of unbranched alkanes of at least 4 members (excludes halogenated alkanes) is 37. The van der Waals surface area contributed by atoms with Crippen LogP contribution in [0.15, 0.2) is 72.9 Å². The Morgan fingerprint density at radius 3 is 0.803 bits per heavy atom. The van der Waals surface area contributed by atoms with Crippen molar-refractivity contribution in [1.29, 1.82) is 0 Å². The maximum atomic E-state index is 12.9. The SMILES string of the molecule is CC/C=C\C/C=C\C/C=C\CCCCCCCC(=O)OC(COC(=O)CCCCCCCCCCCCCC)COC(=O)CCCCCCCCCCCCCCCCCC/C=C\C/C=C\C/C=C\CCCCCCC. The van der Waals surface area contributed by atoms with Gasteiger partial charge in [0.1, 0.15) is 13.2 Å². The smallest absolute Gasteiger partial charge is 0.306 e. The molecular formula is C70H124O6. The molecular weight excluding hydrogens is 937 g/mol. The van der Waals surface area contributed by atoms with Gasteiger partial charge >= 0.3 is 17.9 Å². The van der Waals surface area contributed by atoms with Gasteiger partial charge < -0.3 is 14.2 Å². The van der Waals surface area contributed by atoms with Crippen molar-refractivity contribution in [3.05, 3.63) is 72.9 Å². The van der Waals surface area contributed by atoms with Crippen LogP contribution in [0.5, 0.6) is 0 Å². The summed E-state index contributed by atoms with van der Waals surface area (Å²) in [6.07, 6.45) is 83.5. The Morgan fingerprint density at radius 1 is 0.276 bits per heavy atom. The van der Waals surface area contributed by atoms with E-state index in [1.807, 2.05) is 0 Å². The van der Waals surface area contributed by atoms with Gasteiger partial charge in [-0.2, -0.15) is 0 Å². The van der Waals surface area contributed by atoms with Crippen molar-refractivity contribution < 1.29 is 28.6 Å². The number of carbonyl (C=O) groups excluding carboxylic acids is 3. The predicted octanol–water partition coefficient (Wildman–Crippen LogP) is 22.5. The molecule has 0 radical (unpaired) electrons. The third-order valence-corrected chi connectivity index (χ3v) is 14.4. The second-order valence-electron chi connectivity index (χ2n) is 22.0. The molecule has 0 N–H and O–H groups in total. The molecule has 0 amide bonds. The van der Waals surface area contributed by atoms with E-state index in [4.69, 9.17) is 14.2 Å². The molecule has 76 heavy (non-hydrogen) atoms. The quantitative estimate of drug-likeness (QED) is 0.0261. The molecule has 0 aromatic carbocycles. The van der Waals surface area contributed by atoms with Crippen LogP contribution in [0.2, 0.25) is 0 Å². The lowest BCUT2D eigenvalue weighted by Crippen LogP contribution is -2.30. The summed E-state index contributed by atoms with van der Waals surface area (Å²) < 4.78 is 16.9. The first kappa shape index (κ1) is 72.8. The van der Waals surface area contributed by atoms with E-state index in [0.717, 1.165) is 109 Å². The standard InChI is InChI=1S/C70H124O6/c1-4-7-10-13-16-19-22-25-27-28-29-30-31-32-33-34-35-36-37-38-39-40-41-42-44-45-48-51-54-57-60-63-69(72)75-66-67(65-74-68(71)62-59-56-53-50-47-24-21-18-15-12-9-6-3)76-70(73)64-61-58-55-52-49-46-43-26-23-20-17-14-11-8-5-2/h8,11,17,20,22,25-26,28-29,31-32,43,67H,4-7,9-10,12-16,18-19,21,23-24,27,30,33-42,44-66H2,1-3H3/b11-8-,20-17-,25-22-,29-28-,32-31-,43-26-. The lowest BCUT2D eigenvalue weighted by atomic mass is 10.0. The fourth-order valence-electron chi connectivity index (χ4n) is 9.53. The van der Waals surface area contributed by atoms with E-state index < -0.39 is 6.10 Å². The highest BCUT2D eigenvalue weighted by Crippen LogP contribution is 2.17. The highest BCUT2D eigenvalue weighted by molar-refractivity contribution is 5.71.